The molecule has 0 aliphatic rings. The fourth-order valence-corrected chi connectivity index (χ4v) is 2.27. The predicted molar refractivity (Wildman–Crippen MR) is 88.2 cm³/mol. The molecule has 0 bridgehead atoms. The first-order valence-corrected chi connectivity index (χ1v) is 7.50. The Labute approximate surface area is 152 Å². The number of esters is 1. The van der Waals surface area contributed by atoms with Crippen molar-refractivity contribution in [2.75, 3.05) is 7.11 Å². The van der Waals surface area contributed by atoms with Crippen LogP contribution >= 0.6 is 0 Å². The third-order valence-corrected chi connectivity index (χ3v) is 3.59. The molecule has 10 heteroatoms. The van der Waals surface area contributed by atoms with E-state index in [2.05, 4.69) is 4.74 Å². The molecule has 0 aliphatic carbocycles. The normalized spacial score (nSPS) is 10.6. The maximum absolute atomic E-state index is 12.4. The molecule has 27 heavy (non-hydrogen) atoms. The van der Waals surface area contributed by atoms with Crippen LogP contribution in [0.4, 0.5) is 14.5 Å². The highest BCUT2D eigenvalue weighted by Gasteiger charge is 2.23. The summed E-state index contributed by atoms with van der Waals surface area (Å²) in [5.74, 6) is -1.89. The second-order valence-electron chi connectivity index (χ2n) is 5.31. The largest absolute Gasteiger partial charge is 0.507 e. The lowest BCUT2D eigenvalue weighted by Gasteiger charge is -2.13. The van der Waals surface area contributed by atoms with Crippen molar-refractivity contribution in [1.82, 2.24) is 0 Å². The van der Waals surface area contributed by atoms with Crippen molar-refractivity contribution in [3.8, 4) is 17.2 Å². The molecular weight excluding hydrogens is 368 g/mol. The van der Waals surface area contributed by atoms with Crippen molar-refractivity contribution in [1.29, 1.82) is 0 Å². The Balaban J connectivity index is 2.30. The summed E-state index contributed by atoms with van der Waals surface area (Å²) < 4.78 is 39.0. The minimum absolute atomic E-state index is 0.0982. The van der Waals surface area contributed by atoms with Crippen molar-refractivity contribution in [2.24, 2.45) is 0 Å². The number of para-hydroxylation sites is 1. The molecule has 144 valence electrons. The molecule has 0 saturated heterocycles. The van der Waals surface area contributed by atoms with Gasteiger partial charge in [-0.25, -0.2) is 4.79 Å². The van der Waals surface area contributed by atoms with E-state index in [4.69, 9.17) is 9.47 Å². The van der Waals surface area contributed by atoms with Crippen LogP contribution in [0.15, 0.2) is 30.3 Å². The quantitative estimate of drug-likeness (QED) is 0.442. The van der Waals surface area contributed by atoms with Gasteiger partial charge in [0.2, 0.25) is 0 Å². The monoisotopic (exact) mass is 383 g/mol. The number of rotatable bonds is 7. The van der Waals surface area contributed by atoms with Crippen molar-refractivity contribution in [3.63, 3.8) is 0 Å². The Morgan fingerprint density at radius 3 is 2.59 bits per heavy atom. The molecule has 0 unspecified atom stereocenters. The zero-order valence-corrected chi connectivity index (χ0v) is 14.3. The smallest absolute Gasteiger partial charge is 0.387 e. The van der Waals surface area contributed by atoms with Gasteiger partial charge in [0.1, 0.15) is 17.9 Å². The number of nitro benzene ring substituents is 1. The van der Waals surface area contributed by atoms with Crippen LogP contribution in [0.2, 0.25) is 0 Å². The molecule has 0 aliphatic heterocycles. The molecule has 0 spiro atoms. The summed E-state index contributed by atoms with van der Waals surface area (Å²) in [6, 6.07) is 6.29. The minimum Gasteiger partial charge on any atom is -0.507 e. The van der Waals surface area contributed by atoms with Gasteiger partial charge in [-0.15, -0.1) is 0 Å². The van der Waals surface area contributed by atoms with Gasteiger partial charge in [-0.2, -0.15) is 8.78 Å². The number of methoxy groups -OCH3 is 1. The number of aryl methyl sites for hydroxylation is 1. The topological polar surface area (TPSA) is 108 Å². The van der Waals surface area contributed by atoms with Crippen LogP contribution in [0.25, 0.3) is 0 Å². The Morgan fingerprint density at radius 1 is 1.30 bits per heavy atom. The fraction of sp³-hybridized carbons (Fsp3) is 0.235. The lowest BCUT2D eigenvalue weighted by atomic mass is 10.1. The van der Waals surface area contributed by atoms with E-state index in [1.807, 2.05) is 0 Å². The number of phenolic OH excluding ortho intramolecular Hbond substituents is 1. The van der Waals surface area contributed by atoms with Crippen LogP contribution in [0.3, 0.4) is 0 Å². The van der Waals surface area contributed by atoms with Gasteiger partial charge < -0.3 is 19.3 Å². The second-order valence-corrected chi connectivity index (χ2v) is 5.31. The number of aromatic hydroxyl groups is 1. The molecule has 0 heterocycles. The van der Waals surface area contributed by atoms with Crippen LogP contribution < -0.4 is 9.47 Å². The van der Waals surface area contributed by atoms with Crippen molar-refractivity contribution in [3.05, 3.63) is 57.1 Å². The van der Waals surface area contributed by atoms with Gasteiger partial charge in [0.05, 0.1) is 23.7 Å². The summed E-state index contributed by atoms with van der Waals surface area (Å²) in [7, 11) is 1.17. The number of hydrogen-bond donors (Lipinski definition) is 1. The Hall–Kier alpha value is -3.43. The van der Waals surface area contributed by atoms with Gasteiger partial charge in [-0.1, -0.05) is 12.1 Å². The maximum atomic E-state index is 12.4. The zero-order chi connectivity index (χ0) is 20.1. The Morgan fingerprint density at radius 2 is 2.00 bits per heavy atom. The van der Waals surface area contributed by atoms with E-state index in [0.29, 0.717) is 5.56 Å². The summed E-state index contributed by atoms with van der Waals surface area (Å²) in [5, 5.41) is 21.1. The molecule has 0 radical (unpaired) electrons. The summed E-state index contributed by atoms with van der Waals surface area (Å²) in [6.45, 7) is -2.16. The van der Waals surface area contributed by atoms with Gasteiger partial charge in [-0.05, 0) is 24.6 Å². The number of benzene rings is 2. The number of alkyl halides is 2. The zero-order valence-electron chi connectivity index (χ0n) is 14.3. The lowest BCUT2D eigenvalue weighted by Crippen LogP contribution is -2.09. The number of carbonyl (C=O) groups excluding carboxylic acids is 1. The Bertz CT molecular complexity index is 871. The van der Waals surface area contributed by atoms with Crippen LogP contribution in [-0.2, 0) is 11.3 Å². The molecule has 0 aromatic heterocycles. The maximum Gasteiger partial charge on any atom is 0.387 e. The molecule has 0 atom stereocenters. The number of carbonyl (C=O) groups is 1. The SMILES string of the molecule is COc1cc(COC(=O)c2cccc(C)c2O)c([N+](=O)[O-])cc1OC(F)F. The first-order valence-electron chi connectivity index (χ1n) is 7.50. The number of halogens is 2. The number of hydrogen-bond acceptors (Lipinski definition) is 7. The number of ether oxygens (including phenoxy) is 3. The van der Waals surface area contributed by atoms with E-state index in [1.165, 1.54) is 19.2 Å². The van der Waals surface area contributed by atoms with Crippen LogP contribution in [0.5, 0.6) is 17.2 Å². The highest BCUT2D eigenvalue weighted by atomic mass is 19.3. The second kappa shape index (κ2) is 8.30. The number of nitro groups is 1. The van der Waals surface area contributed by atoms with Gasteiger partial charge in [0.15, 0.2) is 11.5 Å². The molecule has 2 aromatic carbocycles. The number of phenols is 1. The third kappa shape index (κ3) is 4.60. The van der Waals surface area contributed by atoms with Gasteiger partial charge in [-0.3, -0.25) is 10.1 Å². The van der Waals surface area contributed by atoms with E-state index in [0.717, 1.165) is 12.1 Å². The highest BCUT2D eigenvalue weighted by molar-refractivity contribution is 5.92. The van der Waals surface area contributed by atoms with Gasteiger partial charge >= 0.3 is 12.6 Å². The molecule has 0 saturated carbocycles. The summed E-state index contributed by atoms with van der Waals surface area (Å²) in [4.78, 5) is 22.5. The van der Waals surface area contributed by atoms with E-state index in [9.17, 15) is 28.8 Å². The number of nitrogens with zero attached hydrogens (tertiary/aromatic N) is 1. The lowest BCUT2D eigenvalue weighted by molar-refractivity contribution is -0.386. The molecule has 0 fully saturated rings. The summed E-state index contributed by atoms with van der Waals surface area (Å²) in [5.41, 5.74) is -0.348. The van der Waals surface area contributed by atoms with Crippen LogP contribution in [-0.4, -0.2) is 29.7 Å². The van der Waals surface area contributed by atoms with Crippen LogP contribution in [0, 0.1) is 17.0 Å². The average molecular weight is 383 g/mol. The molecular formula is C17H15F2NO7. The van der Waals surface area contributed by atoms with Crippen molar-refractivity contribution >= 4 is 11.7 Å². The molecule has 2 rings (SSSR count). The van der Waals surface area contributed by atoms with Gasteiger partial charge in [0, 0.05) is 0 Å². The fourth-order valence-electron chi connectivity index (χ4n) is 2.27. The minimum atomic E-state index is -3.20. The highest BCUT2D eigenvalue weighted by Crippen LogP contribution is 2.36. The Kier molecular flexibility index (Phi) is 6.11. The molecule has 0 amide bonds. The molecule has 1 N–H and O–H groups in total. The third-order valence-electron chi connectivity index (χ3n) is 3.59. The first-order chi connectivity index (χ1) is 12.7. The average Bonchev–Trinajstić information content (AvgIpc) is 2.61. The van der Waals surface area contributed by atoms with Crippen molar-refractivity contribution < 1.29 is 37.8 Å². The van der Waals surface area contributed by atoms with Crippen LogP contribution in [0.1, 0.15) is 21.5 Å². The van der Waals surface area contributed by atoms with E-state index < -0.39 is 35.5 Å². The van der Waals surface area contributed by atoms with E-state index >= 15 is 0 Å². The first kappa shape index (κ1) is 19.9. The van der Waals surface area contributed by atoms with E-state index in [1.54, 1.807) is 13.0 Å². The van der Waals surface area contributed by atoms with Crippen molar-refractivity contribution in [2.45, 2.75) is 20.1 Å². The van der Waals surface area contributed by atoms with E-state index in [-0.39, 0.29) is 22.6 Å². The molecule has 8 nitrogen and oxygen atoms in total. The summed E-state index contributed by atoms with van der Waals surface area (Å²) in [6.07, 6.45) is 0. The standard InChI is InChI=1S/C17H15F2NO7/c1-9-4-3-5-11(15(9)21)16(22)26-8-10-6-13(25-2)14(27-17(18)19)7-12(10)20(23)24/h3-7,17,21H,8H2,1-2H3. The summed E-state index contributed by atoms with van der Waals surface area (Å²) >= 11 is 0. The van der Waals surface area contributed by atoms with Gasteiger partial charge in [0.25, 0.3) is 5.69 Å². The molecule has 2 aromatic rings. The predicted octanol–water partition coefficient (Wildman–Crippen LogP) is 3.58.